The van der Waals surface area contributed by atoms with Crippen LogP contribution in [0.2, 0.25) is 5.02 Å². The number of benzene rings is 1. The zero-order chi connectivity index (χ0) is 18.7. The van der Waals surface area contributed by atoms with Crippen molar-refractivity contribution in [2.45, 2.75) is 38.5 Å². The van der Waals surface area contributed by atoms with Crippen molar-refractivity contribution in [1.29, 1.82) is 0 Å². The Hall–Kier alpha value is -1.63. The van der Waals surface area contributed by atoms with Gasteiger partial charge in [-0.05, 0) is 31.9 Å². The number of rotatable bonds is 3. The van der Waals surface area contributed by atoms with Crippen molar-refractivity contribution in [2.75, 3.05) is 32.8 Å². The van der Waals surface area contributed by atoms with E-state index in [2.05, 4.69) is 24.1 Å². The van der Waals surface area contributed by atoms with Gasteiger partial charge in [0.05, 0.1) is 6.04 Å². The molecular formula is C19H26ClN3O3. The number of hydrogen-bond acceptors (Lipinski definition) is 4. The molecule has 0 spiro atoms. The van der Waals surface area contributed by atoms with Gasteiger partial charge in [-0.2, -0.15) is 0 Å². The normalized spacial score (nSPS) is 25.1. The van der Waals surface area contributed by atoms with Gasteiger partial charge in [0.15, 0.2) is 6.10 Å². The van der Waals surface area contributed by atoms with Crippen molar-refractivity contribution < 1.29 is 14.3 Å². The molecule has 2 aliphatic rings. The third-order valence-corrected chi connectivity index (χ3v) is 5.41. The highest BCUT2D eigenvalue weighted by atomic mass is 35.5. The van der Waals surface area contributed by atoms with Crippen molar-refractivity contribution in [3.05, 3.63) is 34.9 Å². The fraction of sp³-hybridized carbons (Fsp3) is 0.579. The molecule has 142 valence electrons. The summed E-state index contributed by atoms with van der Waals surface area (Å²) < 4.78 is 5.67. The number of amides is 2. The second kappa shape index (κ2) is 8.37. The lowest BCUT2D eigenvalue weighted by molar-refractivity contribution is -0.155. The van der Waals surface area contributed by atoms with Crippen molar-refractivity contribution in [3.63, 3.8) is 0 Å². The summed E-state index contributed by atoms with van der Waals surface area (Å²) >= 11 is 6.30. The number of ether oxygens (including phenoxy) is 1. The minimum atomic E-state index is -0.752. The van der Waals surface area contributed by atoms with Crippen LogP contribution in [0.15, 0.2) is 24.3 Å². The third-order valence-electron chi connectivity index (χ3n) is 5.07. The number of nitrogens with one attached hydrogen (secondary N) is 1. The van der Waals surface area contributed by atoms with Crippen LogP contribution in [0.1, 0.15) is 31.9 Å². The van der Waals surface area contributed by atoms with E-state index in [1.54, 1.807) is 6.07 Å². The lowest BCUT2D eigenvalue weighted by atomic mass is 9.98. The summed E-state index contributed by atoms with van der Waals surface area (Å²) in [6.45, 7) is 7.43. The van der Waals surface area contributed by atoms with Gasteiger partial charge in [0.2, 0.25) is 5.91 Å². The SMILES string of the molecule is CC(C)N1CCCN(C(=O)[C@H]2OCC(=O)N[C@@H]2c2ccccc2Cl)CC1. The molecule has 0 aliphatic carbocycles. The molecule has 2 fully saturated rings. The van der Waals surface area contributed by atoms with Crippen molar-refractivity contribution >= 4 is 23.4 Å². The molecule has 0 unspecified atom stereocenters. The first-order chi connectivity index (χ1) is 12.5. The van der Waals surface area contributed by atoms with Gasteiger partial charge in [-0.3, -0.25) is 14.5 Å². The van der Waals surface area contributed by atoms with Crippen molar-refractivity contribution in [1.82, 2.24) is 15.1 Å². The lowest BCUT2D eigenvalue weighted by Crippen LogP contribution is -2.54. The van der Waals surface area contributed by atoms with Gasteiger partial charge < -0.3 is 15.0 Å². The molecule has 2 amide bonds. The van der Waals surface area contributed by atoms with Crippen LogP contribution in [0.3, 0.4) is 0 Å². The summed E-state index contributed by atoms with van der Waals surface area (Å²) in [5.74, 6) is -0.318. The number of nitrogens with zero attached hydrogens (tertiary/aromatic N) is 2. The standard InChI is InChI=1S/C19H26ClN3O3/c1-13(2)22-8-5-9-23(11-10-22)19(25)18-17(21-16(24)12-26-18)14-6-3-4-7-15(14)20/h3-4,6-7,13,17-18H,5,8-12H2,1-2H3,(H,21,24)/t17-,18+/m1/s1. The number of morpholine rings is 1. The van der Waals surface area contributed by atoms with E-state index in [4.69, 9.17) is 16.3 Å². The predicted octanol–water partition coefficient (Wildman–Crippen LogP) is 1.84. The van der Waals surface area contributed by atoms with E-state index in [1.807, 2.05) is 23.1 Å². The monoisotopic (exact) mass is 379 g/mol. The van der Waals surface area contributed by atoms with Gasteiger partial charge in [0.25, 0.3) is 5.91 Å². The average molecular weight is 380 g/mol. The predicted molar refractivity (Wildman–Crippen MR) is 100.0 cm³/mol. The Morgan fingerprint density at radius 1 is 1.23 bits per heavy atom. The molecule has 2 heterocycles. The summed E-state index contributed by atoms with van der Waals surface area (Å²) in [7, 11) is 0. The Morgan fingerprint density at radius 2 is 2.00 bits per heavy atom. The maximum Gasteiger partial charge on any atom is 0.254 e. The van der Waals surface area contributed by atoms with Crippen LogP contribution in [0, 0.1) is 0 Å². The third kappa shape index (κ3) is 4.19. The van der Waals surface area contributed by atoms with Crippen LogP contribution in [-0.2, 0) is 14.3 Å². The number of halogens is 1. The van der Waals surface area contributed by atoms with E-state index in [0.717, 1.165) is 19.5 Å². The van der Waals surface area contributed by atoms with Crippen LogP contribution in [0.25, 0.3) is 0 Å². The van der Waals surface area contributed by atoms with Gasteiger partial charge in [0.1, 0.15) is 6.61 Å². The number of hydrogen-bond donors (Lipinski definition) is 1. The van der Waals surface area contributed by atoms with Crippen LogP contribution in [0.4, 0.5) is 0 Å². The summed E-state index contributed by atoms with van der Waals surface area (Å²) in [5.41, 5.74) is 0.708. The second-order valence-electron chi connectivity index (χ2n) is 7.11. The van der Waals surface area contributed by atoms with Crippen molar-refractivity contribution in [2.24, 2.45) is 0 Å². The molecular weight excluding hydrogens is 354 g/mol. The van der Waals surface area contributed by atoms with Crippen LogP contribution >= 0.6 is 11.6 Å². The Bertz CT molecular complexity index is 667. The Kier molecular flexibility index (Phi) is 6.16. The zero-order valence-electron chi connectivity index (χ0n) is 15.3. The molecule has 1 aromatic rings. The average Bonchev–Trinajstić information content (AvgIpc) is 2.88. The molecule has 7 heteroatoms. The van der Waals surface area contributed by atoms with Gasteiger partial charge in [-0.15, -0.1) is 0 Å². The van der Waals surface area contributed by atoms with E-state index < -0.39 is 12.1 Å². The summed E-state index contributed by atoms with van der Waals surface area (Å²) in [5, 5.41) is 3.40. The molecule has 2 aliphatic heterocycles. The second-order valence-corrected chi connectivity index (χ2v) is 7.51. The highest BCUT2D eigenvalue weighted by Crippen LogP contribution is 2.29. The Morgan fingerprint density at radius 3 is 2.73 bits per heavy atom. The fourth-order valence-corrected chi connectivity index (χ4v) is 3.84. The molecule has 6 nitrogen and oxygen atoms in total. The minimum absolute atomic E-state index is 0.0828. The van der Waals surface area contributed by atoms with Gasteiger partial charge >= 0.3 is 0 Å². The van der Waals surface area contributed by atoms with Gasteiger partial charge in [-0.25, -0.2) is 0 Å². The van der Waals surface area contributed by atoms with E-state index in [9.17, 15) is 9.59 Å². The zero-order valence-corrected chi connectivity index (χ0v) is 16.0. The topological polar surface area (TPSA) is 61.9 Å². The lowest BCUT2D eigenvalue weighted by Gasteiger charge is -2.35. The highest BCUT2D eigenvalue weighted by molar-refractivity contribution is 6.31. The number of carbonyl (C=O) groups excluding carboxylic acids is 2. The maximum absolute atomic E-state index is 13.2. The van der Waals surface area contributed by atoms with E-state index >= 15 is 0 Å². The fourth-order valence-electron chi connectivity index (χ4n) is 3.59. The Balaban J connectivity index is 1.78. The van der Waals surface area contributed by atoms with Gasteiger partial charge in [-0.1, -0.05) is 29.8 Å². The molecule has 0 bridgehead atoms. The van der Waals surface area contributed by atoms with Crippen LogP contribution in [0.5, 0.6) is 0 Å². The summed E-state index contributed by atoms with van der Waals surface area (Å²) in [6.07, 6.45) is 0.179. The largest absolute Gasteiger partial charge is 0.356 e. The van der Waals surface area contributed by atoms with E-state index in [1.165, 1.54) is 0 Å². The minimum Gasteiger partial charge on any atom is -0.356 e. The van der Waals surface area contributed by atoms with Crippen LogP contribution < -0.4 is 5.32 Å². The van der Waals surface area contributed by atoms with Crippen molar-refractivity contribution in [3.8, 4) is 0 Å². The first-order valence-electron chi connectivity index (χ1n) is 9.15. The first-order valence-corrected chi connectivity index (χ1v) is 9.53. The quantitative estimate of drug-likeness (QED) is 0.870. The van der Waals surface area contributed by atoms with E-state index in [-0.39, 0.29) is 18.4 Å². The molecule has 0 saturated carbocycles. The van der Waals surface area contributed by atoms with E-state index in [0.29, 0.717) is 29.7 Å². The smallest absolute Gasteiger partial charge is 0.254 e. The molecule has 1 N–H and O–H groups in total. The number of carbonyl (C=O) groups is 2. The van der Waals surface area contributed by atoms with Gasteiger partial charge in [0, 0.05) is 37.2 Å². The molecule has 2 saturated heterocycles. The molecule has 2 atom stereocenters. The molecule has 1 aromatic carbocycles. The Labute approximate surface area is 159 Å². The summed E-state index contributed by atoms with van der Waals surface area (Å²) in [6, 6.07) is 7.14. The highest BCUT2D eigenvalue weighted by Gasteiger charge is 2.39. The maximum atomic E-state index is 13.2. The molecule has 0 radical (unpaired) electrons. The first kappa shape index (κ1) is 19.1. The molecule has 26 heavy (non-hydrogen) atoms. The summed E-state index contributed by atoms with van der Waals surface area (Å²) in [4.78, 5) is 29.3. The molecule has 3 rings (SSSR count). The molecule has 0 aromatic heterocycles. The van der Waals surface area contributed by atoms with Crippen LogP contribution in [-0.4, -0.2) is 66.5 Å².